The number of rotatable bonds is 3. The van der Waals surface area contributed by atoms with Crippen molar-refractivity contribution in [2.45, 2.75) is 31.6 Å². The summed E-state index contributed by atoms with van der Waals surface area (Å²) in [5.41, 5.74) is 1.72. The van der Waals surface area contributed by atoms with Gasteiger partial charge in [-0.1, -0.05) is 6.07 Å². The molecule has 0 unspecified atom stereocenters. The lowest BCUT2D eigenvalue weighted by molar-refractivity contribution is -0.0498. The SMILES string of the molecule is FC1(F)CCC(COc2cccc3[nH]cnc23)CC1. The van der Waals surface area contributed by atoms with Crippen LogP contribution in [0.25, 0.3) is 11.0 Å². The number of hydrogen-bond acceptors (Lipinski definition) is 2. The highest BCUT2D eigenvalue weighted by molar-refractivity contribution is 5.80. The smallest absolute Gasteiger partial charge is 0.248 e. The highest BCUT2D eigenvalue weighted by atomic mass is 19.3. The first-order valence-corrected chi connectivity index (χ1v) is 6.57. The molecule has 102 valence electrons. The Bertz CT molecular complexity index is 557. The predicted octanol–water partition coefficient (Wildman–Crippen LogP) is 3.77. The highest BCUT2D eigenvalue weighted by Crippen LogP contribution is 2.36. The lowest BCUT2D eigenvalue weighted by atomic mass is 9.87. The van der Waals surface area contributed by atoms with E-state index >= 15 is 0 Å². The molecule has 0 atom stereocenters. The Morgan fingerprint density at radius 3 is 2.89 bits per heavy atom. The van der Waals surface area contributed by atoms with Crippen molar-refractivity contribution in [3.8, 4) is 5.75 Å². The molecule has 1 fully saturated rings. The summed E-state index contributed by atoms with van der Waals surface area (Å²) in [6, 6.07) is 5.68. The second kappa shape index (κ2) is 4.79. The molecular formula is C14H16F2N2O. The Morgan fingerprint density at radius 1 is 1.32 bits per heavy atom. The molecule has 1 aliphatic carbocycles. The van der Waals surface area contributed by atoms with Crippen LogP contribution in [-0.4, -0.2) is 22.5 Å². The Labute approximate surface area is 110 Å². The van der Waals surface area contributed by atoms with Crippen molar-refractivity contribution in [3.05, 3.63) is 24.5 Å². The van der Waals surface area contributed by atoms with Gasteiger partial charge in [0.05, 0.1) is 18.5 Å². The molecule has 3 rings (SSSR count). The average Bonchev–Trinajstić information content (AvgIpc) is 2.86. The number of halogens is 2. The Hall–Kier alpha value is -1.65. The standard InChI is InChI=1S/C14H16F2N2O/c15-14(16)6-4-10(5-7-14)8-19-12-3-1-2-11-13(12)18-9-17-11/h1-3,9-10H,4-8H2,(H,17,18). The minimum atomic E-state index is -2.47. The number of nitrogens with one attached hydrogen (secondary N) is 1. The fraction of sp³-hybridized carbons (Fsp3) is 0.500. The van der Waals surface area contributed by atoms with Crippen molar-refractivity contribution < 1.29 is 13.5 Å². The Kier molecular flexibility index (Phi) is 3.12. The van der Waals surface area contributed by atoms with Crippen molar-refractivity contribution in [2.24, 2.45) is 5.92 Å². The summed E-state index contributed by atoms with van der Waals surface area (Å²) in [6.45, 7) is 0.488. The highest BCUT2D eigenvalue weighted by Gasteiger charge is 2.35. The van der Waals surface area contributed by atoms with E-state index < -0.39 is 5.92 Å². The fourth-order valence-electron chi connectivity index (χ4n) is 2.53. The minimum Gasteiger partial charge on any atom is -0.491 e. The van der Waals surface area contributed by atoms with Crippen LogP contribution in [0.15, 0.2) is 24.5 Å². The average molecular weight is 266 g/mol. The van der Waals surface area contributed by atoms with Crippen molar-refractivity contribution in [1.29, 1.82) is 0 Å². The number of imidazole rings is 1. The number of fused-ring (bicyclic) bond motifs is 1. The summed E-state index contributed by atoms with van der Waals surface area (Å²) in [7, 11) is 0. The molecule has 1 aromatic carbocycles. The summed E-state index contributed by atoms with van der Waals surface area (Å²) >= 11 is 0. The first-order chi connectivity index (χ1) is 9.14. The summed E-state index contributed by atoms with van der Waals surface area (Å²) in [5, 5.41) is 0. The molecule has 0 aliphatic heterocycles. The van der Waals surface area contributed by atoms with Gasteiger partial charge in [0.15, 0.2) is 0 Å². The van der Waals surface area contributed by atoms with Crippen LogP contribution < -0.4 is 4.74 Å². The van der Waals surface area contributed by atoms with Crippen LogP contribution in [0.2, 0.25) is 0 Å². The zero-order valence-corrected chi connectivity index (χ0v) is 10.5. The third-order valence-electron chi connectivity index (χ3n) is 3.72. The molecule has 3 nitrogen and oxygen atoms in total. The number of nitrogens with zero attached hydrogens (tertiary/aromatic N) is 1. The van der Waals surface area contributed by atoms with E-state index in [1.54, 1.807) is 6.33 Å². The van der Waals surface area contributed by atoms with E-state index in [4.69, 9.17) is 4.74 Å². The van der Waals surface area contributed by atoms with Crippen LogP contribution in [0.4, 0.5) is 8.78 Å². The molecule has 2 aromatic rings. The van der Waals surface area contributed by atoms with Crippen LogP contribution >= 0.6 is 0 Å². The first-order valence-electron chi connectivity index (χ1n) is 6.57. The first kappa shape index (κ1) is 12.4. The predicted molar refractivity (Wildman–Crippen MR) is 68.5 cm³/mol. The summed E-state index contributed by atoms with van der Waals surface area (Å²) in [5.74, 6) is -1.54. The van der Waals surface area contributed by atoms with Crippen LogP contribution in [-0.2, 0) is 0 Å². The van der Waals surface area contributed by atoms with Crippen molar-refractivity contribution >= 4 is 11.0 Å². The number of alkyl halides is 2. The molecule has 0 bridgehead atoms. The van der Waals surface area contributed by atoms with Gasteiger partial charge in [-0.05, 0) is 30.9 Å². The molecule has 1 heterocycles. The van der Waals surface area contributed by atoms with E-state index in [1.165, 1.54) is 0 Å². The van der Waals surface area contributed by atoms with Crippen molar-refractivity contribution in [2.75, 3.05) is 6.61 Å². The third-order valence-corrected chi connectivity index (χ3v) is 3.72. The zero-order chi connectivity index (χ0) is 13.3. The van der Waals surface area contributed by atoms with Crippen LogP contribution in [0.3, 0.4) is 0 Å². The summed E-state index contributed by atoms with van der Waals surface area (Å²) in [6.07, 6.45) is 2.65. The van der Waals surface area contributed by atoms with Gasteiger partial charge in [0.2, 0.25) is 5.92 Å². The normalized spacial score (nSPS) is 19.7. The number of ether oxygens (including phenoxy) is 1. The molecule has 1 aliphatic rings. The quantitative estimate of drug-likeness (QED) is 0.918. The molecule has 1 aromatic heterocycles. The largest absolute Gasteiger partial charge is 0.491 e. The van der Waals surface area contributed by atoms with Gasteiger partial charge < -0.3 is 9.72 Å². The Morgan fingerprint density at radius 2 is 2.11 bits per heavy atom. The second-order valence-electron chi connectivity index (χ2n) is 5.17. The van der Waals surface area contributed by atoms with E-state index in [1.807, 2.05) is 18.2 Å². The molecule has 5 heteroatoms. The number of benzene rings is 1. The van der Waals surface area contributed by atoms with Gasteiger partial charge >= 0.3 is 0 Å². The van der Waals surface area contributed by atoms with Gasteiger partial charge in [0, 0.05) is 12.8 Å². The van der Waals surface area contributed by atoms with Gasteiger partial charge in [0.1, 0.15) is 11.3 Å². The van der Waals surface area contributed by atoms with Crippen LogP contribution in [0.5, 0.6) is 5.75 Å². The molecule has 1 saturated carbocycles. The molecular weight excluding hydrogens is 250 g/mol. The maximum Gasteiger partial charge on any atom is 0.248 e. The van der Waals surface area contributed by atoms with Gasteiger partial charge in [-0.25, -0.2) is 13.8 Å². The number of aromatic nitrogens is 2. The molecule has 0 spiro atoms. The molecule has 0 radical (unpaired) electrons. The molecule has 0 saturated heterocycles. The van der Waals surface area contributed by atoms with E-state index in [0.29, 0.717) is 19.4 Å². The van der Waals surface area contributed by atoms with Crippen molar-refractivity contribution in [3.63, 3.8) is 0 Å². The van der Waals surface area contributed by atoms with Crippen LogP contribution in [0, 0.1) is 5.92 Å². The van der Waals surface area contributed by atoms with E-state index in [0.717, 1.165) is 16.8 Å². The van der Waals surface area contributed by atoms with E-state index in [2.05, 4.69) is 9.97 Å². The molecule has 19 heavy (non-hydrogen) atoms. The van der Waals surface area contributed by atoms with Gasteiger partial charge in [-0.3, -0.25) is 0 Å². The third kappa shape index (κ3) is 2.69. The number of aromatic amines is 1. The molecule has 0 amide bonds. The number of H-pyrrole nitrogens is 1. The summed E-state index contributed by atoms with van der Waals surface area (Å²) in [4.78, 5) is 7.22. The summed E-state index contributed by atoms with van der Waals surface area (Å²) < 4.78 is 31.9. The Balaban J connectivity index is 1.62. The lowest BCUT2D eigenvalue weighted by Crippen LogP contribution is -2.27. The number of hydrogen-bond donors (Lipinski definition) is 1. The van der Waals surface area contributed by atoms with Crippen molar-refractivity contribution in [1.82, 2.24) is 9.97 Å². The van der Waals surface area contributed by atoms with Gasteiger partial charge in [0.25, 0.3) is 0 Å². The zero-order valence-electron chi connectivity index (χ0n) is 10.5. The fourth-order valence-corrected chi connectivity index (χ4v) is 2.53. The van der Waals surface area contributed by atoms with E-state index in [-0.39, 0.29) is 18.8 Å². The van der Waals surface area contributed by atoms with Gasteiger partial charge in [-0.15, -0.1) is 0 Å². The maximum atomic E-state index is 13.1. The number of para-hydroxylation sites is 1. The molecule has 1 N–H and O–H groups in total. The lowest BCUT2D eigenvalue weighted by Gasteiger charge is -2.28. The maximum absolute atomic E-state index is 13.1. The van der Waals surface area contributed by atoms with E-state index in [9.17, 15) is 8.78 Å². The minimum absolute atomic E-state index is 0.0202. The van der Waals surface area contributed by atoms with Crippen LogP contribution in [0.1, 0.15) is 25.7 Å². The van der Waals surface area contributed by atoms with Gasteiger partial charge in [-0.2, -0.15) is 0 Å². The second-order valence-corrected chi connectivity index (χ2v) is 5.17. The topological polar surface area (TPSA) is 37.9 Å². The monoisotopic (exact) mass is 266 g/mol.